The Morgan fingerprint density at radius 1 is 1.00 bits per heavy atom. The van der Waals surface area contributed by atoms with Gasteiger partial charge in [0.1, 0.15) is 6.61 Å². The molecule has 0 saturated carbocycles. The van der Waals surface area contributed by atoms with E-state index in [-0.39, 0.29) is 5.91 Å². The summed E-state index contributed by atoms with van der Waals surface area (Å²) in [6, 6.07) is 12.8. The molecule has 2 aromatic carbocycles. The Hall–Kier alpha value is -2.79. The maximum atomic E-state index is 12.5. The van der Waals surface area contributed by atoms with E-state index < -0.39 is 0 Å². The molecule has 0 aliphatic heterocycles. The Kier molecular flexibility index (Phi) is 8.95. The van der Waals surface area contributed by atoms with Gasteiger partial charge in [0, 0.05) is 36.5 Å². The highest BCUT2D eigenvalue weighted by Crippen LogP contribution is 2.30. The molecule has 0 fully saturated rings. The number of rotatable bonds is 10. The summed E-state index contributed by atoms with van der Waals surface area (Å²) in [4.78, 5) is 14.9. The lowest BCUT2D eigenvalue weighted by atomic mass is 9.90. The summed E-state index contributed by atoms with van der Waals surface area (Å²) in [5.74, 6) is 1.11. The van der Waals surface area contributed by atoms with Crippen molar-refractivity contribution in [3.63, 3.8) is 0 Å². The molecular weight excluding hydrogens is 412 g/mol. The summed E-state index contributed by atoms with van der Waals surface area (Å²) < 4.78 is 11.5. The van der Waals surface area contributed by atoms with Gasteiger partial charge in [0.2, 0.25) is 5.91 Å². The number of carbonyl (C=O) groups is 1. The highest BCUT2D eigenvalue weighted by Gasteiger charge is 2.14. The first-order valence-corrected chi connectivity index (χ1v) is 12.0. The van der Waals surface area contributed by atoms with Crippen LogP contribution in [0.1, 0.15) is 57.2 Å². The van der Waals surface area contributed by atoms with E-state index in [1.54, 1.807) is 13.2 Å². The predicted molar refractivity (Wildman–Crippen MR) is 136 cm³/mol. The molecule has 0 aromatic heterocycles. The number of nitrogens with zero attached hydrogens (tertiary/aromatic N) is 1. The zero-order chi connectivity index (χ0) is 23.8. The lowest BCUT2D eigenvalue weighted by Crippen LogP contribution is -2.39. The van der Waals surface area contributed by atoms with Gasteiger partial charge in [-0.15, -0.1) is 0 Å². The van der Waals surface area contributed by atoms with E-state index in [0.29, 0.717) is 35.9 Å². The number of ether oxygens (including phenoxy) is 2. The molecule has 0 bridgehead atoms. The van der Waals surface area contributed by atoms with Gasteiger partial charge in [-0.25, -0.2) is 0 Å². The van der Waals surface area contributed by atoms with E-state index in [4.69, 9.17) is 9.47 Å². The number of hydrogen-bond donors (Lipinski definition) is 1. The zero-order valence-corrected chi connectivity index (χ0v) is 20.7. The van der Waals surface area contributed by atoms with Crippen LogP contribution in [0.2, 0.25) is 0 Å². The minimum absolute atomic E-state index is 0.172. The summed E-state index contributed by atoms with van der Waals surface area (Å²) in [6.45, 7) is 10.1. The summed E-state index contributed by atoms with van der Waals surface area (Å²) in [7, 11) is 1.62. The van der Waals surface area contributed by atoms with Crippen LogP contribution in [0, 0.1) is 0 Å². The van der Waals surface area contributed by atoms with Crippen molar-refractivity contribution in [3.8, 4) is 11.5 Å². The summed E-state index contributed by atoms with van der Waals surface area (Å²) >= 11 is 0. The van der Waals surface area contributed by atoms with Gasteiger partial charge in [-0.2, -0.15) is 0 Å². The van der Waals surface area contributed by atoms with Crippen LogP contribution in [0.4, 0.5) is 5.69 Å². The van der Waals surface area contributed by atoms with Crippen molar-refractivity contribution in [3.05, 3.63) is 59.2 Å². The van der Waals surface area contributed by atoms with Crippen molar-refractivity contribution < 1.29 is 14.3 Å². The average molecular weight is 451 g/mol. The number of amides is 1. The molecule has 5 heteroatoms. The SMILES string of the molecule is COc1ccc(NC(=O)/C=C/c2ccc3c(c2)CCCC3)cc1OCCN(C(C)C)C(C)C. The first-order chi connectivity index (χ1) is 15.9. The smallest absolute Gasteiger partial charge is 0.248 e. The quantitative estimate of drug-likeness (QED) is 0.470. The molecule has 1 N–H and O–H groups in total. The van der Waals surface area contributed by atoms with Crippen LogP contribution in [0.5, 0.6) is 11.5 Å². The average Bonchev–Trinajstić information content (AvgIpc) is 2.80. The number of carbonyl (C=O) groups excluding carboxylic acids is 1. The largest absolute Gasteiger partial charge is 0.493 e. The van der Waals surface area contributed by atoms with Gasteiger partial charge in [0.05, 0.1) is 7.11 Å². The van der Waals surface area contributed by atoms with Crippen LogP contribution in [-0.2, 0) is 17.6 Å². The predicted octanol–water partition coefficient (Wildman–Crippen LogP) is 5.72. The van der Waals surface area contributed by atoms with Gasteiger partial charge in [0.15, 0.2) is 11.5 Å². The number of anilines is 1. The number of benzene rings is 2. The fourth-order valence-electron chi connectivity index (χ4n) is 4.45. The molecule has 1 aliphatic carbocycles. The first-order valence-electron chi connectivity index (χ1n) is 12.0. The molecule has 2 aromatic rings. The van der Waals surface area contributed by atoms with Crippen LogP contribution in [0.15, 0.2) is 42.5 Å². The van der Waals surface area contributed by atoms with Crippen molar-refractivity contribution in [1.29, 1.82) is 0 Å². The Bertz CT molecular complexity index is 958. The van der Waals surface area contributed by atoms with Gasteiger partial charge in [-0.3, -0.25) is 9.69 Å². The van der Waals surface area contributed by atoms with Crippen molar-refractivity contribution in [2.45, 2.75) is 65.5 Å². The molecule has 0 atom stereocenters. The van der Waals surface area contributed by atoms with Gasteiger partial charge < -0.3 is 14.8 Å². The molecule has 33 heavy (non-hydrogen) atoms. The lowest BCUT2D eigenvalue weighted by molar-refractivity contribution is -0.111. The molecule has 0 unspecified atom stereocenters. The highest BCUT2D eigenvalue weighted by molar-refractivity contribution is 6.02. The number of fused-ring (bicyclic) bond motifs is 1. The number of nitrogens with one attached hydrogen (secondary N) is 1. The molecule has 178 valence electrons. The normalized spacial score (nSPS) is 13.6. The molecular formula is C28H38N2O3. The molecule has 0 heterocycles. The summed E-state index contributed by atoms with van der Waals surface area (Å²) in [5.41, 5.74) is 4.59. The second-order valence-electron chi connectivity index (χ2n) is 9.20. The van der Waals surface area contributed by atoms with Crippen LogP contribution >= 0.6 is 0 Å². The Labute approximate surface area is 198 Å². The standard InChI is InChI=1S/C28H38N2O3/c1-20(2)30(21(3)4)16-17-33-27-19-25(13-14-26(27)32-5)29-28(31)15-11-22-10-12-23-8-6-7-9-24(23)18-22/h10-15,18-21H,6-9,16-17H2,1-5H3,(H,29,31)/b15-11+. The minimum Gasteiger partial charge on any atom is -0.493 e. The van der Waals surface area contributed by atoms with Crippen molar-refractivity contribution in [2.75, 3.05) is 25.6 Å². The van der Waals surface area contributed by atoms with Crippen molar-refractivity contribution in [2.24, 2.45) is 0 Å². The fraction of sp³-hybridized carbons (Fsp3) is 0.464. The molecule has 0 saturated heterocycles. The van der Waals surface area contributed by atoms with E-state index in [2.05, 4.69) is 56.1 Å². The first kappa shape index (κ1) is 24.8. The Morgan fingerprint density at radius 3 is 2.42 bits per heavy atom. The molecule has 0 spiro atoms. The van der Waals surface area contributed by atoms with E-state index >= 15 is 0 Å². The monoisotopic (exact) mass is 450 g/mol. The molecule has 3 rings (SSSR count). The van der Waals surface area contributed by atoms with Crippen LogP contribution in [0.25, 0.3) is 6.08 Å². The third-order valence-electron chi connectivity index (χ3n) is 6.16. The van der Waals surface area contributed by atoms with Crippen LogP contribution < -0.4 is 14.8 Å². The maximum absolute atomic E-state index is 12.5. The second-order valence-corrected chi connectivity index (χ2v) is 9.20. The highest BCUT2D eigenvalue weighted by atomic mass is 16.5. The topological polar surface area (TPSA) is 50.8 Å². The van der Waals surface area contributed by atoms with Gasteiger partial charge in [-0.1, -0.05) is 18.2 Å². The van der Waals surface area contributed by atoms with Crippen LogP contribution in [-0.4, -0.2) is 43.2 Å². The van der Waals surface area contributed by atoms with Gasteiger partial charge >= 0.3 is 0 Å². The lowest BCUT2D eigenvalue weighted by Gasteiger charge is -2.30. The molecule has 0 radical (unpaired) electrons. The van der Waals surface area contributed by atoms with E-state index in [1.165, 1.54) is 24.0 Å². The zero-order valence-electron chi connectivity index (χ0n) is 20.7. The van der Waals surface area contributed by atoms with Gasteiger partial charge in [-0.05, 0) is 88.3 Å². The third kappa shape index (κ3) is 7.10. The maximum Gasteiger partial charge on any atom is 0.248 e. The number of aryl methyl sites for hydroxylation is 2. The Morgan fingerprint density at radius 2 is 1.73 bits per heavy atom. The summed E-state index contributed by atoms with van der Waals surface area (Å²) in [5, 5.41) is 2.93. The van der Waals surface area contributed by atoms with Crippen molar-refractivity contribution >= 4 is 17.7 Å². The third-order valence-corrected chi connectivity index (χ3v) is 6.16. The van der Waals surface area contributed by atoms with Crippen LogP contribution in [0.3, 0.4) is 0 Å². The molecule has 1 amide bonds. The minimum atomic E-state index is -0.172. The van der Waals surface area contributed by atoms with E-state index in [1.807, 2.05) is 24.3 Å². The molecule has 1 aliphatic rings. The number of methoxy groups -OCH3 is 1. The molecule has 5 nitrogen and oxygen atoms in total. The van der Waals surface area contributed by atoms with Crippen molar-refractivity contribution in [1.82, 2.24) is 4.90 Å². The second kappa shape index (κ2) is 11.9. The fourth-order valence-corrected chi connectivity index (χ4v) is 4.45. The summed E-state index contributed by atoms with van der Waals surface area (Å²) in [6.07, 6.45) is 8.26. The number of hydrogen-bond acceptors (Lipinski definition) is 4. The van der Waals surface area contributed by atoms with E-state index in [9.17, 15) is 4.79 Å². The van der Waals surface area contributed by atoms with E-state index in [0.717, 1.165) is 24.9 Å². The van der Waals surface area contributed by atoms with Gasteiger partial charge in [0.25, 0.3) is 0 Å². The Balaban J connectivity index is 1.61.